The molecule has 0 bridgehead atoms. The van der Waals surface area contributed by atoms with Crippen LogP contribution < -0.4 is 0 Å². The number of rotatable bonds is 2. The van der Waals surface area contributed by atoms with Crippen LogP contribution in [0.2, 0.25) is 0 Å². The van der Waals surface area contributed by atoms with Crippen LogP contribution in [0, 0.1) is 17.1 Å². The maximum atomic E-state index is 12.9. The third-order valence-corrected chi connectivity index (χ3v) is 4.10. The van der Waals surface area contributed by atoms with E-state index in [-0.39, 0.29) is 10.6 Å². The zero-order valence-electron chi connectivity index (χ0n) is 7.26. The summed E-state index contributed by atoms with van der Waals surface area (Å²) in [4.78, 5) is 0.942. The van der Waals surface area contributed by atoms with Gasteiger partial charge >= 0.3 is 0 Å². The van der Waals surface area contributed by atoms with E-state index in [1.807, 2.05) is 0 Å². The number of thioether (sulfide) groups is 1. The molecule has 1 aliphatic rings. The lowest BCUT2D eigenvalue weighted by Gasteiger charge is -2.05. The van der Waals surface area contributed by atoms with E-state index in [2.05, 4.69) is 22.0 Å². The zero-order valence-corrected chi connectivity index (χ0v) is 9.66. The second kappa shape index (κ2) is 3.56. The summed E-state index contributed by atoms with van der Waals surface area (Å²) in [6.45, 7) is 0. The molecule has 1 aromatic carbocycles. The van der Waals surface area contributed by atoms with Crippen molar-refractivity contribution >= 4 is 27.7 Å². The van der Waals surface area contributed by atoms with Gasteiger partial charge in [0.15, 0.2) is 0 Å². The van der Waals surface area contributed by atoms with Gasteiger partial charge in [-0.3, -0.25) is 0 Å². The zero-order chi connectivity index (χ0) is 10.2. The first kappa shape index (κ1) is 10.0. The van der Waals surface area contributed by atoms with Crippen LogP contribution in [0.3, 0.4) is 0 Å². The highest BCUT2D eigenvalue weighted by atomic mass is 79.9. The van der Waals surface area contributed by atoms with Gasteiger partial charge in [-0.15, -0.1) is 11.8 Å². The molecule has 0 aromatic heterocycles. The summed E-state index contributed by atoms with van der Waals surface area (Å²) in [6.07, 6.45) is 1.87. The van der Waals surface area contributed by atoms with Gasteiger partial charge in [0.2, 0.25) is 0 Å². The SMILES string of the molecule is N#CC1(Sc2ccc(F)c(Br)c2)CC1. The van der Waals surface area contributed by atoms with E-state index in [1.165, 1.54) is 17.8 Å². The van der Waals surface area contributed by atoms with Crippen LogP contribution >= 0.6 is 27.7 Å². The molecule has 0 unspecified atom stereocenters. The summed E-state index contributed by atoms with van der Waals surface area (Å²) < 4.78 is 13.1. The standard InChI is InChI=1S/C10H7BrFNS/c11-8-5-7(1-2-9(8)12)14-10(6-13)3-4-10/h1-2,5H,3-4H2. The highest BCUT2D eigenvalue weighted by Gasteiger charge is 2.44. The molecule has 0 heterocycles. The van der Waals surface area contributed by atoms with Crippen molar-refractivity contribution in [1.29, 1.82) is 5.26 Å². The van der Waals surface area contributed by atoms with Gasteiger partial charge in [-0.2, -0.15) is 5.26 Å². The van der Waals surface area contributed by atoms with Gasteiger partial charge in [-0.1, -0.05) is 0 Å². The Hall–Kier alpha value is -0.530. The molecule has 1 aliphatic carbocycles. The third kappa shape index (κ3) is 1.94. The number of nitriles is 1. The fourth-order valence-electron chi connectivity index (χ4n) is 1.12. The largest absolute Gasteiger partial charge is 0.206 e. The Morgan fingerprint density at radius 3 is 2.71 bits per heavy atom. The van der Waals surface area contributed by atoms with Gasteiger partial charge in [0.1, 0.15) is 10.6 Å². The van der Waals surface area contributed by atoms with Crippen LogP contribution in [-0.2, 0) is 0 Å². The Morgan fingerprint density at radius 1 is 1.50 bits per heavy atom. The summed E-state index contributed by atoms with van der Waals surface area (Å²) >= 11 is 4.65. The number of benzene rings is 1. The van der Waals surface area contributed by atoms with E-state index >= 15 is 0 Å². The van der Waals surface area contributed by atoms with E-state index in [9.17, 15) is 4.39 Å². The number of hydrogen-bond donors (Lipinski definition) is 0. The molecule has 72 valence electrons. The summed E-state index contributed by atoms with van der Waals surface area (Å²) in [5.41, 5.74) is 0. The van der Waals surface area contributed by atoms with Crippen molar-refractivity contribution in [3.8, 4) is 6.07 Å². The van der Waals surface area contributed by atoms with Crippen LogP contribution in [0.25, 0.3) is 0 Å². The molecule has 0 radical (unpaired) electrons. The molecule has 0 aliphatic heterocycles. The van der Waals surface area contributed by atoms with Crippen LogP contribution in [0.15, 0.2) is 27.6 Å². The lowest BCUT2D eigenvalue weighted by molar-refractivity contribution is 0.619. The topological polar surface area (TPSA) is 23.8 Å². The lowest BCUT2D eigenvalue weighted by atomic mass is 10.3. The minimum Gasteiger partial charge on any atom is -0.206 e. The van der Waals surface area contributed by atoms with Gasteiger partial charge in [0.05, 0.1) is 10.5 Å². The van der Waals surface area contributed by atoms with Crippen molar-refractivity contribution in [2.45, 2.75) is 22.5 Å². The molecule has 0 saturated heterocycles. The predicted octanol–water partition coefficient (Wildman–Crippen LogP) is 3.74. The van der Waals surface area contributed by atoms with Crippen molar-refractivity contribution in [3.05, 3.63) is 28.5 Å². The highest BCUT2D eigenvalue weighted by molar-refractivity contribution is 9.10. The molecule has 1 fully saturated rings. The summed E-state index contributed by atoms with van der Waals surface area (Å²) in [5.74, 6) is -0.267. The fraction of sp³-hybridized carbons (Fsp3) is 0.300. The van der Waals surface area contributed by atoms with E-state index < -0.39 is 0 Å². The Morgan fingerprint density at radius 2 is 2.21 bits per heavy atom. The van der Waals surface area contributed by atoms with Crippen molar-refractivity contribution in [2.24, 2.45) is 0 Å². The number of nitrogens with zero attached hydrogens (tertiary/aromatic N) is 1. The Bertz CT molecular complexity index is 409. The normalized spacial score (nSPS) is 17.5. The Balaban J connectivity index is 2.19. The third-order valence-electron chi connectivity index (χ3n) is 2.11. The van der Waals surface area contributed by atoms with Gasteiger partial charge in [0.25, 0.3) is 0 Å². The van der Waals surface area contributed by atoms with Gasteiger partial charge in [-0.05, 0) is 47.0 Å². The smallest absolute Gasteiger partial charge is 0.137 e. The van der Waals surface area contributed by atoms with Crippen LogP contribution in [0.5, 0.6) is 0 Å². The van der Waals surface area contributed by atoms with E-state index in [1.54, 1.807) is 12.1 Å². The Kier molecular flexibility index (Phi) is 2.54. The second-order valence-electron chi connectivity index (χ2n) is 3.28. The molecule has 1 aromatic rings. The second-order valence-corrected chi connectivity index (χ2v) is 5.60. The molecule has 0 spiro atoms. The van der Waals surface area contributed by atoms with Gasteiger partial charge < -0.3 is 0 Å². The maximum Gasteiger partial charge on any atom is 0.137 e. The molecule has 0 atom stereocenters. The molecular weight excluding hydrogens is 265 g/mol. The first-order valence-corrected chi connectivity index (χ1v) is 5.81. The molecule has 0 amide bonds. The van der Waals surface area contributed by atoms with E-state index in [0.29, 0.717) is 4.47 Å². The summed E-state index contributed by atoms with van der Waals surface area (Å²) in [7, 11) is 0. The van der Waals surface area contributed by atoms with Gasteiger partial charge in [0, 0.05) is 4.90 Å². The molecule has 4 heteroatoms. The summed E-state index contributed by atoms with van der Waals surface area (Å²) in [6, 6.07) is 7.14. The molecule has 0 N–H and O–H groups in total. The van der Waals surface area contributed by atoms with Crippen molar-refractivity contribution < 1.29 is 4.39 Å². The van der Waals surface area contributed by atoms with E-state index in [0.717, 1.165) is 17.7 Å². The van der Waals surface area contributed by atoms with Gasteiger partial charge in [-0.25, -0.2) is 4.39 Å². The molecule has 1 nitrogen and oxygen atoms in total. The molecule has 2 rings (SSSR count). The minimum absolute atomic E-state index is 0.239. The predicted molar refractivity (Wildman–Crippen MR) is 57.5 cm³/mol. The maximum absolute atomic E-state index is 12.9. The highest BCUT2D eigenvalue weighted by Crippen LogP contribution is 2.51. The number of hydrogen-bond acceptors (Lipinski definition) is 2. The van der Waals surface area contributed by atoms with Crippen molar-refractivity contribution in [1.82, 2.24) is 0 Å². The molecular formula is C10H7BrFNS. The lowest BCUT2D eigenvalue weighted by Crippen LogP contribution is -1.96. The Labute approximate surface area is 94.4 Å². The molecule has 1 saturated carbocycles. The fourth-order valence-corrected chi connectivity index (χ4v) is 2.76. The average molecular weight is 272 g/mol. The van der Waals surface area contributed by atoms with Crippen LogP contribution in [0.1, 0.15) is 12.8 Å². The summed E-state index contributed by atoms with van der Waals surface area (Å²) in [5, 5.41) is 8.89. The quantitative estimate of drug-likeness (QED) is 0.818. The van der Waals surface area contributed by atoms with Crippen LogP contribution in [-0.4, -0.2) is 4.75 Å². The van der Waals surface area contributed by atoms with Crippen molar-refractivity contribution in [2.75, 3.05) is 0 Å². The monoisotopic (exact) mass is 271 g/mol. The van der Waals surface area contributed by atoms with E-state index in [4.69, 9.17) is 5.26 Å². The molecule has 14 heavy (non-hydrogen) atoms. The van der Waals surface area contributed by atoms with Crippen LogP contribution in [0.4, 0.5) is 4.39 Å². The van der Waals surface area contributed by atoms with Crippen molar-refractivity contribution in [3.63, 3.8) is 0 Å². The first-order chi connectivity index (χ1) is 6.65. The first-order valence-electron chi connectivity index (χ1n) is 4.20. The average Bonchev–Trinajstić information content (AvgIpc) is 2.93. The minimum atomic E-state index is -0.267. The number of halogens is 2.